The molecule has 21 heavy (non-hydrogen) atoms. The Kier molecular flexibility index (Phi) is 4.62. The molecule has 0 saturated carbocycles. The smallest absolute Gasteiger partial charge is 0.328 e. The maximum atomic E-state index is 11.8. The number of rotatable bonds is 5. The number of aromatic nitrogens is 2. The van der Waals surface area contributed by atoms with Crippen LogP contribution in [0.3, 0.4) is 0 Å². The van der Waals surface area contributed by atoms with Crippen LogP contribution >= 0.6 is 11.3 Å². The van der Waals surface area contributed by atoms with Gasteiger partial charge in [-0.3, -0.25) is 9.59 Å². The lowest BCUT2D eigenvalue weighted by Crippen LogP contribution is -2.24. The molecular formula is C13H11N3O4S. The van der Waals surface area contributed by atoms with E-state index in [-0.39, 0.29) is 11.3 Å². The Balaban J connectivity index is 1.94. The molecule has 0 aliphatic rings. The lowest BCUT2D eigenvalue weighted by atomic mass is 10.3. The summed E-state index contributed by atoms with van der Waals surface area (Å²) in [6.45, 7) is 0.297. The van der Waals surface area contributed by atoms with Gasteiger partial charge in [0.1, 0.15) is 5.69 Å². The van der Waals surface area contributed by atoms with Gasteiger partial charge in [-0.1, -0.05) is 0 Å². The molecule has 2 aromatic rings. The van der Waals surface area contributed by atoms with E-state index in [9.17, 15) is 14.4 Å². The lowest BCUT2D eigenvalue weighted by molar-refractivity contribution is -0.131. The predicted octanol–water partition coefficient (Wildman–Crippen LogP) is 0.859. The van der Waals surface area contributed by atoms with E-state index in [1.807, 2.05) is 0 Å². The minimum Gasteiger partial charge on any atom is -0.478 e. The van der Waals surface area contributed by atoms with E-state index in [1.165, 1.54) is 23.6 Å². The van der Waals surface area contributed by atoms with Crippen LogP contribution in [0.2, 0.25) is 0 Å². The highest BCUT2D eigenvalue weighted by atomic mass is 32.1. The molecular weight excluding hydrogens is 294 g/mol. The van der Waals surface area contributed by atoms with Crippen LogP contribution in [0, 0.1) is 0 Å². The Bertz CT molecular complexity index is 727. The molecule has 0 radical (unpaired) electrons. The zero-order valence-electron chi connectivity index (χ0n) is 10.7. The first-order chi connectivity index (χ1) is 10.0. The summed E-state index contributed by atoms with van der Waals surface area (Å²) in [6.07, 6.45) is 4.81. The van der Waals surface area contributed by atoms with Crippen molar-refractivity contribution >= 4 is 29.3 Å². The van der Waals surface area contributed by atoms with Gasteiger partial charge in [-0.05, 0) is 23.1 Å². The Hall–Kier alpha value is -2.74. The van der Waals surface area contributed by atoms with Crippen LogP contribution in [0.4, 0.5) is 0 Å². The van der Waals surface area contributed by atoms with Crippen LogP contribution in [-0.2, 0) is 11.3 Å². The number of carbonyl (C=O) groups is 2. The maximum absolute atomic E-state index is 11.8. The molecule has 2 aromatic heterocycles. The summed E-state index contributed by atoms with van der Waals surface area (Å²) in [4.78, 5) is 40.0. The van der Waals surface area contributed by atoms with E-state index >= 15 is 0 Å². The Morgan fingerprint density at radius 3 is 2.95 bits per heavy atom. The zero-order valence-corrected chi connectivity index (χ0v) is 11.5. The molecule has 0 unspecified atom stereocenters. The molecule has 0 fully saturated rings. The summed E-state index contributed by atoms with van der Waals surface area (Å²) in [5, 5.41) is 13.0. The standard InChI is InChI=1S/C13H11N3O4S/c17-11-6-14-10(5-15-11)13(20)16-4-9-3-8(7-21-9)1-2-12(18)19/h1-3,5-7H,4H2,(H,15,17)(H,16,20)(H,18,19). The van der Waals surface area contributed by atoms with Crippen molar-refractivity contribution in [1.29, 1.82) is 0 Å². The molecule has 0 aliphatic heterocycles. The number of nitrogens with one attached hydrogen (secondary N) is 2. The van der Waals surface area contributed by atoms with Crippen molar-refractivity contribution in [3.63, 3.8) is 0 Å². The molecule has 108 valence electrons. The van der Waals surface area contributed by atoms with Gasteiger partial charge in [-0.15, -0.1) is 11.3 Å². The molecule has 8 heteroatoms. The minimum absolute atomic E-state index is 0.122. The third kappa shape index (κ3) is 4.39. The number of aliphatic carboxylic acids is 1. The van der Waals surface area contributed by atoms with Crippen molar-refractivity contribution in [2.45, 2.75) is 6.54 Å². The van der Waals surface area contributed by atoms with Crippen LogP contribution < -0.4 is 10.9 Å². The van der Waals surface area contributed by atoms with Crippen LogP contribution in [0.25, 0.3) is 6.08 Å². The van der Waals surface area contributed by atoms with Crippen molar-refractivity contribution in [3.05, 3.63) is 56.4 Å². The number of hydrogen-bond acceptors (Lipinski definition) is 5. The van der Waals surface area contributed by atoms with Gasteiger partial charge >= 0.3 is 5.97 Å². The minimum atomic E-state index is -1.01. The molecule has 3 N–H and O–H groups in total. The van der Waals surface area contributed by atoms with Crippen LogP contribution in [0.5, 0.6) is 0 Å². The topological polar surface area (TPSA) is 112 Å². The molecule has 2 rings (SSSR count). The van der Waals surface area contributed by atoms with Crippen molar-refractivity contribution in [1.82, 2.24) is 15.3 Å². The van der Waals surface area contributed by atoms with Gasteiger partial charge in [0.15, 0.2) is 0 Å². The molecule has 2 heterocycles. The number of thiophene rings is 1. The van der Waals surface area contributed by atoms with E-state index in [0.717, 1.165) is 22.7 Å². The van der Waals surface area contributed by atoms with Crippen molar-refractivity contribution in [2.24, 2.45) is 0 Å². The number of carboxylic acids is 1. The predicted molar refractivity (Wildman–Crippen MR) is 77.0 cm³/mol. The van der Waals surface area contributed by atoms with E-state index in [4.69, 9.17) is 5.11 Å². The second kappa shape index (κ2) is 6.62. The van der Waals surface area contributed by atoms with Gasteiger partial charge in [0.2, 0.25) is 0 Å². The molecule has 0 bridgehead atoms. The summed E-state index contributed by atoms with van der Waals surface area (Å²) >= 11 is 1.40. The highest BCUT2D eigenvalue weighted by molar-refractivity contribution is 7.10. The largest absolute Gasteiger partial charge is 0.478 e. The van der Waals surface area contributed by atoms with Crippen LogP contribution in [0.15, 0.2) is 34.7 Å². The molecule has 0 spiro atoms. The maximum Gasteiger partial charge on any atom is 0.328 e. The summed E-state index contributed by atoms with van der Waals surface area (Å²) in [5.74, 6) is -1.41. The van der Waals surface area contributed by atoms with Gasteiger partial charge in [0.05, 0.1) is 12.7 Å². The second-order valence-corrected chi connectivity index (χ2v) is 4.99. The summed E-state index contributed by atoms with van der Waals surface area (Å²) in [6, 6.07) is 1.78. The van der Waals surface area contributed by atoms with Crippen molar-refractivity contribution in [2.75, 3.05) is 0 Å². The fourth-order valence-electron chi connectivity index (χ4n) is 1.47. The molecule has 1 amide bonds. The van der Waals surface area contributed by atoms with Gasteiger partial charge in [-0.25, -0.2) is 9.78 Å². The fourth-order valence-corrected chi connectivity index (χ4v) is 2.26. The van der Waals surface area contributed by atoms with E-state index in [1.54, 1.807) is 11.4 Å². The molecule has 0 aliphatic carbocycles. The quantitative estimate of drug-likeness (QED) is 0.709. The zero-order chi connectivity index (χ0) is 15.2. The number of carboxylic acid groups (broad SMARTS) is 1. The van der Waals surface area contributed by atoms with Gasteiger partial charge < -0.3 is 15.4 Å². The normalized spacial score (nSPS) is 10.7. The van der Waals surface area contributed by atoms with Gasteiger partial charge in [0, 0.05) is 17.2 Å². The average molecular weight is 305 g/mol. The highest BCUT2D eigenvalue weighted by Crippen LogP contribution is 2.15. The van der Waals surface area contributed by atoms with E-state index in [0.29, 0.717) is 6.54 Å². The molecule has 0 atom stereocenters. The van der Waals surface area contributed by atoms with Crippen LogP contribution in [-0.4, -0.2) is 27.0 Å². The first-order valence-corrected chi connectivity index (χ1v) is 6.74. The summed E-state index contributed by atoms with van der Waals surface area (Å²) in [5.41, 5.74) is 0.505. The Morgan fingerprint density at radius 1 is 1.48 bits per heavy atom. The van der Waals surface area contributed by atoms with Crippen molar-refractivity contribution in [3.8, 4) is 0 Å². The molecule has 0 saturated heterocycles. The number of H-pyrrole nitrogens is 1. The highest BCUT2D eigenvalue weighted by Gasteiger charge is 2.07. The van der Waals surface area contributed by atoms with Crippen LogP contribution in [0.1, 0.15) is 20.9 Å². The molecule has 0 aromatic carbocycles. The third-order valence-corrected chi connectivity index (χ3v) is 3.38. The Labute approximate surface area is 123 Å². The number of hydrogen-bond donors (Lipinski definition) is 3. The van der Waals surface area contributed by atoms with Gasteiger partial charge in [0.25, 0.3) is 11.5 Å². The number of nitrogens with zero attached hydrogens (tertiary/aromatic N) is 1. The third-order valence-electron chi connectivity index (χ3n) is 2.42. The van der Waals surface area contributed by atoms with E-state index in [2.05, 4.69) is 15.3 Å². The molecule has 7 nitrogen and oxygen atoms in total. The van der Waals surface area contributed by atoms with Crippen molar-refractivity contribution < 1.29 is 14.7 Å². The Morgan fingerprint density at radius 2 is 2.29 bits per heavy atom. The first kappa shape index (κ1) is 14.7. The fraction of sp³-hybridized carbons (Fsp3) is 0.0769. The average Bonchev–Trinajstić information content (AvgIpc) is 2.91. The second-order valence-electron chi connectivity index (χ2n) is 4.00. The van der Waals surface area contributed by atoms with E-state index < -0.39 is 11.9 Å². The van der Waals surface area contributed by atoms with Gasteiger partial charge in [-0.2, -0.15) is 0 Å². The monoisotopic (exact) mass is 305 g/mol. The lowest BCUT2D eigenvalue weighted by Gasteiger charge is -2.01. The number of amides is 1. The number of carbonyl (C=O) groups excluding carboxylic acids is 1. The SMILES string of the molecule is O=C(O)C=Cc1csc(CNC(=O)c2c[nH]c(=O)cn2)c1. The summed E-state index contributed by atoms with van der Waals surface area (Å²) in [7, 11) is 0. The first-order valence-electron chi connectivity index (χ1n) is 5.86. The number of aromatic amines is 1. The summed E-state index contributed by atoms with van der Waals surface area (Å²) < 4.78 is 0.